The molecule has 6 nitrogen and oxygen atoms in total. The second kappa shape index (κ2) is 6.28. The molecule has 1 amide bonds. The van der Waals surface area contributed by atoms with Crippen molar-refractivity contribution in [1.82, 2.24) is 15.0 Å². The third-order valence-electron chi connectivity index (χ3n) is 3.75. The molecule has 0 aliphatic heterocycles. The van der Waals surface area contributed by atoms with Gasteiger partial charge in [0.1, 0.15) is 17.5 Å². The second-order valence-electron chi connectivity index (χ2n) is 5.63. The van der Waals surface area contributed by atoms with E-state index in [0.717, 1.165) is 18.3 Å². The molecule has 0 unspecified atom stereocenters. The number of pyridine rings is 1. The molecular formula is C16H17FN4O2. The Kier molecular flexibility index (Phi) is 4.18. The summed E-state index contributed by atoms with van der Waals surface area (Å²) in [5.41, 5.74) is 0.787. The summed E-state index contributed by atoms with van der Waals surface area (Å²) >= 11 is 0. The minimum atomic E-state index is -0.434. The summed E-state index contributed by atoms with van der Waals surface area (Å²) < 4.78 is 18.5. The molecule has 3 rings (SSSR count). The topological polar surface area (TPSA) is 77.0 Å². The molecule has 1 aliphatic rings. The van der Waals surface area contributed by atoms with E-state index in [1.807, 2.05) is 13.8 Å². The highest BCUT2D eigenvalue weighted by Crippen LogP contribution is 2.39. The molecule has 0 bridgehead atoms. The first-order chi connectivity index (χ1) is 11.0. The van der Waals surface area contributed by atoms with Crippen molar-refractivity contribution in [2.75, 3.05) is 11.9 Å². The molecule has 0 aromatic carbocycles. The Balaban J connectivity index is 1.49. The lowest BCUT2D eigenvalue weighted by molar-refractivity contribution is -0.117. The van der Waals surface area contributed by atoms with Crippen LogP contribution in [-0.2, 0) is 4.79 Å². The van der Waals surface area contributed by atoms with E-state index >= 15 is 0 Å². The van der Waals surface area contributed by atoms with Crippen molar-refractivity contribution in [2.45, 2.75) is 20.3 Å². The Labute approximate surface area is 133 Å². The lowest BCUT2D eigenvalue weighted by Crippen LogP contribution is -2.17. The Bertz CT molecular complexity index is 721. The van der Waals surface area contributed by atoms with Crippen molar-refractivity contribution in [3.8, 4) is 5.75 Å². The molecule has 23 heavy (non-hydrogen) atoms. The van der Waals surface area contributed by atoms with Crippen LogP contribution in [0.5, 0.6) is 5.75 Å². The summed E-state index contributed by atoms with van der Waals surface area (Å²) in [6, 6.07) is 2.70. The van der Waals surface area contributed by atoms with Crippen LogP contribution in [0.3, 0.4) is 0 Å². The van der Waals surface area contributed by atoms with E-state index < -0.39 is 5.82 Å². The van der Waals surface area contributed by atoms with Crippen LogP contribution in [0.2, 0.25) is 0 Å². The predicted molar refractivity (Wildman–Crippen MR) is 81.4 cm³/mol. The van der Waals surface area contributed by atoms with Crippen LogP contribution in [-0.4, -0.2) is 27.5 Å². The van der Waals surface area contributed by atoms with Gasteiger partial charge in [-0.3, -0.25) is 4.79 Å². The first kappa shape index (κ1) is 15.3. The maximum absolute atomic E-state index is 12.8. The number of hydrogen-bond donors (Lipinski definition) is 1. The van der Waals surface area contributed by atoms with E-state index in [-0.39, 0.29) is 17.7 Å². The number of anilines is 1. The minimum absolute atomic E-state index is 0.103. The normalized spacial score (nSPS) is 19.3. The Morgan fingerprint density at radius 2 is 2.17 bits per heavy atom. The quantitative estimate of drug-likeness (QED) is 0.915. The van der Waals surface area contributed by atoms with Gasteiger partial charge < -0.3 is 10.1 Å². The van der Waals surface area contributed by atoms with Crippen LogP contribution in [0.1, 0.15) is 17.9 Å². The Morgan fingerprint density at radius 1 is 1.35 bits per heavy atom. The third-order valence-corrected chi connectivity index (χ3v) is 3.75. The zero-order valence-electron chi connectivity index (χ0n) is 12.9. The largest absolute Gasteiger partial charge is 0.490 e. The predicted octanol–water partition coefficient (Wildman–Crippen LogP) is 2.28. The molecule has 1 N–H and O–H groups in total. The lowest BCUT2D eigenvalue weighted by Gasteiger charge is -2.08. The van der Waals surface area contributed by atoms with Crippen LogP contribution in [0.4, 0.5) is 10.2 Å². The molecule has 1 aliphatic carbocycles. The van der Waals surface area contributed by atoms with Gasteiger partial charge in [-0.15, -0.1) is 0 Å². The van der Waals surface area contributed by atoms with Gasteiger partial charge >= 0.3 is 0 Å². The van der Waals surface area contributed by atoms with Gasteiger partial charge in [0.2, 0.25) is 5.91 Å². The number of rotatable bonds is 5. The molecule has 2 atom stereocenters. The molecule has 2 aromatic rings. The first-order valence-corrected chi connectivity index (χ1v) is 7.38. The fraction of sp³-hybridized carbons (Fsp3) is 0.375. The lowest BCUT2D eigenvalue weighted by atomic mass is 10.3. The summed E-state index contributed by atoms with van der Waals surface area (Å²) in [6.45, 7) is 4.13. The zero-order valence-corrected chi connectivity index (χ0v) is 12.9. The number of carbonyl (C=O) groups excluding carboxylic acids is 1. The molecule has 2 heterocycles. The van der Waals surface area contributed by atoms with Crippen molar-refractivity contribution in [3.63, 3.8) is 0 Å². The SMILES string of the molecule is Cc1ncc(OC[C@H]2C[C@H]2C(=O)Nc2ccc(F)cn2)c(C)n1. The number of nitrogens with one attached hydrogen (secondary N) is 1. The summed E-state index contributed by atoms with van der Waals surface area (Å²) in [6.07, 6.45) is 3.49. The minimum Gasteiger partial charge on any atom is -0.490 e. The summed E-state index contributed by atoms with van der Waals surface area (Å²) in [4.78, 5) is 24.2. The molecule has 7 heteroatoms. The number of ether oxygens (including phenoxy) is 1. The molecule has 120 valence electrons. The molecule has 1 fully saturated rings. The van der Waals surface area contributed by atoms with Crippen LogP contribution in [0.25, 0.3) is 0 Å². The average molecular weight is 316 g/mol. The van der Waals surface area contributed by atoms with E-state index in [1.54, 1.807) is 6.20 Å². The van der Waals surface area contributed by atoms with Gasteiger partial charge in [0.15, 0.2) is 5.75 Å². The van der Waals surface area contributed by atoms with Crippen LogP contribution < -0.4 is 10.1 Å². The molecule has 2 aromatic heterocycles. The van der Waals surface area contributed by atoms with Gasteiger partial charge in [0.05, 0.1) is 24.7 Å². The molecular weight excluding hydrogens is 299 g/mol. The number of aromatic nitrogens is 3. The fourth-order valence-corrected chi connectivity index (χ4v) is 2.33. The number of aryl methyl sites for hydroxylation is 2. The van der Waals surface area contributed by atoms with Crippen molar-refractivity contribution >= 4 is 11.7 Å². The highest BCUT2D eigenvalue weighted by Gasteiger charge is 2.43. The summed E-state index contributed by atoms with van der Waals surface area (Å²) in [5, 5.41) is 2.68. The number of nitrogens with zero attached hydrogens (tertiary/aromatic N) is 3. The van der Waals surface area contributed by atoms with E-state index in [0.29, 0.717) is 24.0 Å². The smallest absolute Gasteiger partial charge is 0.229 e. The molecule has 0 spiro atoms. The van der Waals surface area contributed by atoms with Gasteiger partial charge in [-0.25, -0.2) is 19.3 Å². The molecule has 1 saturated carbocycles. The Hall–Kier alpha value is -2.57. The van der Waals surface area contributed by atoms with E-state index in [2.05, 4.69) is 20.3 Å². The van der Waals surface area contributed by atoms with Crippen LogP contribution in [0, 0.1) is 31.5 Å². The van der Waals surface area contributed by atoms with Gasteiger partial charge in [0, 0.05) is 11.8 Å². The van der Waals surface area contributed by atoms with Gasteiger partial charge in [0.25, 0.3) is 0 Å². The monoisotopic (exact) mass is 316 g/mol. The number of amides is 1. The van der Waals surface area contributed by atoms with E-state index in [4.69, 9.17) is 4.74 Å². The standard InChI is InChI=1S/C16H17FN4O2/c1-9-14(7-18-10(2)20-9)23-8-11-5-13(11)16(22)21-15-4-3-12(17)6-19-15/h3-4,6-7,11,13H,5,8H2,1-2H3,(H,19,21,22)/t11-,13-/m1/s1. The summed E-state index contributed by atoms with van der Waals surface area (Å²) in [5.74, 6) is 1.20. The highest BCUT2D eigenvalue weighted by molar-refractivity contribution is 5.93. The Morgan fingerprint density at radius 3 is 2.87 bits per heavy atom. The first-order valence-electron chi connectivity index (χ1n) is 7.38. The average Bonchev–Trinajstić information content (AvgIpc) is 3.28. The third kappa shape index (κ3) is 3.80. The van der Waals surface area contributed by atoms with E-state index in [1.165, 1.54) is 12.1 Å². The molecule has 0 saturated heterocycles. The summed E-state index contributed by atoms with van der Waals surface area (Å²) in [7, 11) is 0. The van der Waals surface area contributed by atoms with Gasteiger partial charge in [-0.05, 0) is 32.4 Å². The highest BCUT2D eigenvalue weighted by atomic mass is 19.1. The van der Waals surface area contributed by atoms with Crippen molar-refractivity contribution in [1.29, 1.82) is 0 Å². The number of hydrogen-bond acceptors (Lipinski definition) is 5. The maximum atomic E-state index is 12.8. The zero-order chi connectivity index (χ0) is 16.4. The second-order valence-corrected chi connectivity index (χ2v) is 5.63. The maximum Gasteiger partial charge on any atom is 0.229 e. The van der Waals surface area contributed by atoms with Crippen LogP contribution >= 0.6 is 0 Å². The van der Waals surface area contributed by atoms with Crippen molar-refractivity contribution in [3.05, 3.63) is 41.9 Å². The molecule has 0 radical (unpaired) electrons. The fourth-order valence-electron chi connectivity index (χ4n) is 2.33. The van der Waals surface area contributed by atoms with Gasteiger partial charge in [-0.1, -0.05) is 0 Å². The number of carbonyl (C=O) groups is 1. The number of halogens is 1. The van der Waals surface area contributed by atoms with Crippen LogP contribution in [0.15, 0.2) is 24.5 Å². The van der Waals surface area contributed by atoms with E-state index in [9.17, 15) is 9.18 Å². The van der Waals surface area contributed by atoms with Crippen molar-refractivity contribution in [2.24, 2.45) is 11.8 Å². The van der Waals surface area contributed by atoms with Crippen molar-refractivity contribution < 1.29 is 13.9 Å². The van der Waals surface area contributed by atoms with Gasteiger partial charge in [-0.2, -0.15) is 0 Å².